The number of nitrogens with zero attached hydrogens (tertiary/aromatic N) is 1. The quantitative estimate of drug-likeness (QED) is 0.643. The van der Waals surface area contributed by atoms with Crippen LogP contribution in [0.3, 0.4) is 0 Å². The maximum absolute atomic E-state index is 6.05. The Hall–Kier alpha value is -1.42. The van der Waals surface area contributed by atoms with Gasteiger partial charge in [0.2, 0.25) is 0 Å². The number of hydrogen-bond donors (Lipinski definition) is 2. The third-order valence-electron chi connectivity index (χ3n) is 3.72. The van der Waals surface area contributed by atoms with Crippen molar-refractivity contribution in [2.45, 2.75) is 26.2 Å². The maximum Gasteiger partial charge on any atom is 0.193 e. The van der Waals surface area contributed by atoms with Gasteiger partial charge in [-0.3, -0.25) is 4.99 Å². The standard InChI is InChI=1S/C14H20ClN3O/c1-3-14(6-7-14)9-17-13(16)18-10-4-5-12(19-2)11(15)8-10/h4-5,8H,3,6-7,9H2,1-2H3,(H3,16,17,18). The van der Waals surface area contributed by atoms with Crippen LogP contribution in [-0.2, 0) is 0 Å². The van der Waals surface area contributed by atoms with E-state index in [1.165, 1.54) is 12.8 Å². The number of benzene rings is 1. The monoisotopic (exact) mass is 281 g/mol. The van der Waals surface area contributed by atoms with E-state index in [0.717, 1.165) is 18.7 Å². The van der Waals surface area contributed by atoms with Gasteiger partial charge in [-0.1, -0.05) is 18.5 Å². The van der Waals surface area contributed by atoms with Crippen LogP contribution >= 0.6 is 11.6 Å². The molecule has 1 fully saturated rings. The number of nitrogens with one attached hydrogen (secondary N) is 1. The lowest BCUT2D eigenvalue weighted by molar-refractivity contribution is 0.415. The topological polar surface area (TPSA) is 59.6 Å². The predicted octanol–water partition coefficient (Wildman–Crippen LogP) is 3.27. The molecule has 1 aliphatic rings. The molecule has 0 spiro atoms. The Kier molecular flexibility index (Phi) is 4.20. The molecule has 1 aromatic carbocycles. The second-order valence-electron chi connectivity index (χ2n) is 5.03. The number of hydrogen-bond acceptors (Lipinski definition) is 2. The SMILES string of the molecule is CCC1(CN=C(N)Nc2ccc(OC)c(Cl)c2)CC1. The zero-order valence-electron chi connectivity index (χ0n) is 11.4. The van der Waals surface area contributed by atoms with E-state index < -0.39 is 0 Å². The summed E-state index contributed by atoms with van der Waals surface area (Å²) >= 11 is 6.05. The summed E-state index contributed by atoms with van der Waals surface area (Å²) in [6, 6.07) is 5.43. The molecule has 1 aliphatic carbocycles. The molecular formula is C14H20ClN3O. The van der Waals surface area contributed by atoms with Crippen LogP contribution in [0.1, 0.15) is 26.2 Å². The van der Waals surface area contributed by atoms with E-state index in [1.807, 2.05) is 6.07 Å². The number of guanidine groups is 1. The third kappa shape index (κ3) is 3.53. The van der Waals surface area contributed by atoms with E-state index in [2.05, 4.69) is 17.2 Å². The van der Waals surface area contributed by atoms with Crippen LogP contribution in [-0.4, -0.2) is 19.6 Å². The highest BCUT2D eigenvalue weighted by Crippen LogP contribution is 2.48. The smallest absolute Gasteiger partial charge is 0.193 e. The number of rotatable bonds is 5. The molecule has 19 heavy (non-hydrogen) atoms. The molecule has 3 N–H and O–H groups in total. The van der Waals surface area contributed by atoms with Crippen LogP contribution in [0, 0.1) is 5.41 Å². The first-order chi connectivity index (χ1) is 9.08. The molecule has 5 heteroatoms. The summed E-state index contributed by atoms with van der Waals surface area (Å²) in [5.41, 5.74) is 7.10. The molecule has 0 heterocycles. The summed E-state index contributed by atoms with van der Waals surface area (Å²) < 4.78 is 5.10. The fraction of sp³-hybridized carbons (Fsp3) is 0.500. The summed E-state index contributed by atoms with van der Waals surface area (Å²) in [6.45, 7) is 3.00. The Labute approximate surface area is 119 Å². The molecule has 0 bridgehead atoms. The summed E-state index contributed by atoms with van der Waals surface area (Å²) in [7, 11) is 1.59. The minimum Gasteiger partial charge on any atom is -0.495 e. The molecule has 0 radical (unpaired) electrons. The Balaban J connectivity index is 1.96. The van der Waals surface area contributed by atoms with Crippen LogP contribution in [0.5, 0.6) is 5.75 Å². The first-order valence-corrected chi connectivity index (χ1v) is 6.87. The highest BCUT2D eigenvalue weighted by Gasteiger charge is 2.40. The van der Waals surface area contributed by atoms with Gasteiger partial charge in [0.25, 0.3) is 0 Å². The summed E-state index contributed by atoms with van der Waals surface area (Å²) in [5, 5.41) is 3.59. The van der Waals surface area contributed by atoms with Crippen LogP contribution in [0.4, 0.5) is 5.69 Å². The number of nitrogens with two attached hydrogens (primary N) is 1. The first kappa shape index (κ1) is 14.0. The van der Waals surface area contributed by atoms with E-state index in [9.17, 15) is 0 Å². The van der Waals surface area contributed by atoms with Crippen molar-refractivity contribution in [3.63, 3.8) is 0 Å². The molecule has 4 nitrogen and oxygen atoms in total. The molecule has 1 saturated carbocycles. The molecule has 0 aliphatic heterocycles. The van der Waals surface area contributed by atoms with Gasteiger partial charge in [-0.2, -0.15) is 0 Å². The summed E-state index contributed by atoms with van der Waals surface area (Å²) in [5.74, 6) is 1.08. The molecule has 0 unspecified atom stereocenters. The molecular weight excluding hydrogens is 262 g/mol. The molecule has 0 amide bonds. The van der Waals surface area contributed by atoms with E-state index in [1.54, 1.807) is 19.2 Å². The molecule has 104 valence electrons. The zero-order chi connectivity index (χ0) is 13.9. The van der Waals surface area contributed by atoms with Gasteiger partial charge in [0, 0.05) is 12.2 Å². The minimum atomic E-state index is 0.407. The van der Waals surface area contributed by atoms with Crippen molar-refractivity contribution in [2.24, 2.45) is 16.1 Å². The van der Waals surface area contributed by atoms with Crippen LogP contribution in [0.15, 0.2) is 23.2 Å². The van der Waals surface area contributed by atoms with Gasteiger partial charge in [-0.05, 0) is 42.9 Å². The lowest BCUT2D eigenvalue weighted by Crippen LogP contribution is -2.24. The van der Waals surface area contributed by atoms with E-state index in [0.29, 0.717) is 22.1 Å². The maximum atomic E-state index is 6.05. The van der Waals surface area contributed by atoms with Crippen molar-refractivity contribution < 1.29 is 4.74 Å². The zero-order valence-corrected chi connectivity index (χ0v) is 12.1. The van der Waals surface area contributed by atoms with Crippen molar-refractivity contribution in [2.75, 3.05) is 19.0 Å². The highest BCUT2D eigenvalue weighted by atomic mass is 35.5. The largest absolute Gasteiger partial charge is 0.495 e. The van der Waals surface area contributed by atoms with Gasteiger partial charge in [0.1, 0.15) is 5.75 Å². The second kappa shape index (κ2) is 5.70. The predicted molar refractivity (Wildman–Crippen MR) is 80.1 cm³/mol. The van der Waals surface area contributed by atoms with Crippen LogP contribution in [0.2, 0.25) is 5.02 Å². The fourth-order valence-corrected chi connectivity index (χ4v) is 2.24. The van der Waals surface area contributed by atoms with Crippen LogP contribution < -0.4 is 15.8 Å². The number of anilines is 1. The van der Waals surface area contributed by atoms with E-state index in [-0.39, 0.29) is 0 Å². The van der Waals surface area contributed by atoms with Gasteiger partial charge in [-0.15, -0.1) is 0 Å². The number of halogens is 1. The van der Waals surface area contributed by atoms with Crippen molar-refractivity contribution in [1.82, 2.24) is 0 Å². The molecule has 1 aromatic rings. The normalized spacial score (nSPS) is 17.1. The second-order valence-corrected chi connectivity index (χ2v) is 5.44. The lowest BCUT2D eigenvalue weighted by atomic mass is 10.1. The van der Waals surface area contributed by atoms with Gasteiger partial charge in [0.05, 0.1) is 12.1 Å². The van der Waals surface area contributed by atoms with Gasteiger partial charge in [0.15, 0.2) is 5.96 Å². The average Bonchev–Trinajstić information content (AvgIpc) is 3.17. The van der Waals surface area contributed by atoms with Crippen molar-refractivity contribution in [3.8, 4) is 5.75 Å². The Morgan fingerprint density at radius 3 is 2.79 bits per heavy atom. The number of ether oxygens (including phenoxy) is 1. The Morgan fingerprint density at radius 1 is 1.53 bits per heavy atom. The molecule has 2 rings (SSSR count). The molecule has 0 saturated heterocycles. The van der Waals surface area contributed by atoms with Crippen molar-refractivity contribution in [3.05, 3.63) is 23.2 Å². The first-order valence-electron chi connectivity index (χ1n) is 6.49. The lowest BCUT2D eigenvalue weighted by Gasteiger charge is -2.11. The van der Waals surface area contributed by atoms with Crippen molar-refractivity contribution >= 4 is 23.2 Å². The highest BCUT2D eigenvalue weighted by molar-refractivity contribution is 6.32. The Bertz CT molecular complexity index is 484. The van der Waals surface area contributed by atoms with Gasteiger partial charge >= 0.3 is 0 Å². The Morgan fingerprint density at radius 2 is 2.26 bits per heavy atom. The summed E-state index contributed by atoms with van der Waals surface area (Å²) in [4.78, 5) is 4.41. The number of methoxy groups -OCH3 is 1. The van der Waals surface area contributed by atoms with Crippen molar-refractivity contribution in [1.29, 1.82) is 0 Å². The fourth-order valence-electron chi connectivity index (χ4n) is 1.98. The van der Waals surface area contributed by atoms with E-state index in [4.69, 9.17) is 22.1 Å². The van der Waals surface area contributed by atoms with E-state index >= 15 is 0 Å². The third-order valence-corrected chi connectivity index (χ3v) is 4.01. The molecule has 0 aromatic heterocycles. The summed E-state index contributed by atoms with van der Waals surface area (Å²) in [6.07, 6.45) is 3.68. The molecule has 0 atom stereocenters. The van der Waals surface area contributed by atoms with Crippen LogP contribution in [0.25, 0.3) is 0 Å². The van der Waals surface area contributed by atoms with Gasteiger partial charge < -0.3 is 15.8 Å². The minimum absolute atomic E-state index is 0.407. The van der Waals surface area contributed by atoms with Gasteiger partial charge in [-0.25, -0.2) is 0 Å². The number of aliphatic imine (C=N–C) groups is 1. The average molecular weight is 282 g/mol.